The predicted molar refractivity (Wildman–Crippen MR) is 61.9 cm³/mol. The standard InChI is InChI=1S/C10H12N2O2S/c1-14-10(15-2)12-11-9(13)8-6-4-3-5-7-8/h3-7H,1-2H3,(H,11,13)/b12-10+. The van der Waals surface area contributed by atoms with E-state index in [1.807, 2.05) is 12.3 Å². The Hall–Kier alpha value is -1.49. The fraction of sp³-hybridized carbons (Fsp3) is 0.200. The number of hydrogen-bond acceptors (Lipinski definition) is 4. The van der Waals surface area contributed by atoms with Crippen molar-refractivity contribution in [3.63, 3.8) is 0 Å². The Morgan fingerprint density at radius 1 is 1.40 bits per heavy atom. The number of carbonyl (C=O) groups excluding carboxylic acids is 1. The van der Waals surface area contributed by atoms with Crippen LogP contribution in [0, 0.1) is 0 Å². The van der Waals surface area contributed by atoms with Gasteiger partial charge < -0.3 is 4.74 Å². The van der Waals surface area contributed by atoms with Crippen LogP contribution < -0.4 is 5.43 Å². The number of methoxy groups -OCH3 is 1. The molecule has 0 spiro atoms. The molecule has 1 N–H and O–H groups in total. The minimum Gasteiger partial charge on any atom is -0.475 e. The summed E-state index contributed by atoms with van der Waals surface area (Å²) in [6.45, 7) is 0. The van der Waals surface area contributed by atoms with Gasteiger partial charge in [-0.1, -0.05) is 30.0 Å². The highest BCUT2D eigenvalue weighted by Gasteiger charge is 2.03. The first-order valence-corrected chi connectivity index (χ1v) is 5.51. The maximum absolute atomic E-state index is 11.5. The third-order valence-corrected chi connectivity index (χ3v) is 2.24. The Balaban J connectivity index is 2.61. The molecule has 0 heterocycles. The molecule has 0 unspecified atom stereocenters. The van der Waals surface area contributed by atoms with E-state index >= 15 is 0 Å². The van der Waals surface area contributed by atoms with E-state index in [-0.39, 0.29) is 5.91 Å². The van der Waals surface area contributed by atoms with Crippen molar-refractivity contribution in [2.45, 2.75) is 0 Å². The number of carbonyl (C=O) groups is 1. The van der Waals surface area contributed by atoms with Crippen LogP contribution in [0.3, 0.4) is 0 Å². The SMILES string of the molecule is CO/C(=N\NC(=O)c1ccccc1)SC. The minimum absolute atomic E-state index is 0.251. The quantitative estimate of drug-likeness (QED) is 0.472. The maximum Gasteiger partial charge on any atom is 0.271 e. The Kier molecular flexibility index (Phi) is 4.70. The van der Waals surface area contributed by atoms with E-state index in [9.17, 15) is 4.79 Å². The van der Waals surface area contributed by atoms with E-state index in [0.717, 1.165) is 0 Å². The highest BCUT2D eigenvalue weighted by molar-refractivity contribution is 8.12. The van der Waals surface area contributed by atoms with Crippen molar-refractivity contribution in [3.05, 3.63) is 35.9 Å². The normalized spacial score (nSPS) is 10.9. The monoisotopic (exact) mass is 224 g/mol. The van der Waals surface area contributed by atoms with E-state index in [2.05, 4.69) is 10.5 Å². The molecule has 5 heteroatoms. The lowest BCUT2D eigenvalue weighted by Crippen LogP contribution is -2.19. The van der Waals surface area contributed by atoms with Crippen molar-refractivity contribution in [3.8, 4) is 0 Å². The van der Waals surface area contributed by atoms with E-state index in [1.165, 1.54) is 18.9 Å². The van der Waals surface area contributed by atoms with Crippen LogP contribution in [0.4, 0.5) is 0 Å². The number of rotatable bonds is 2. The summed E-state index contributed by atoms with van der Waals surface area (Å²) in [5.74, 6) is -0.251. The molecule has 0 radical (unpaired) electrons. The zero-order valence-corrected chi connectivity index (χ0v) is 9.38. The predicted octanol–water partition coefficient (Wildman–Crippen LogP) is 1.70. The summed E-state index contributed by atoms with van der Waals surface area (Å²) in [7, 11) is 1.50. The van der Waals surface area contributed by atoms with Crippen LogP contribution in [0.1, 0.15) is 10.4 Å². The van der Waals surface area contributed by atoms with Gasteiger partial charge in [-0.25, -0.2) is 5.43 Å². The molecule has 1 aromatic carbocycles. The number of amides is 1. The molecule has 0 aromatic heterocycles. The third-order valence-electron chi connectivity index (χ3n) is 1.63. The van der Waals surface area contributed by atoms with Gasteiger partial charge in [0.2, 0.25) is 0 Å². The highest BCUT2D eigenvalue weighted by atomic mass is 32.2. The van der Waals surface area contributed by atoms with Crippen molar-refractivity contribution in [1.29, 1.82) is 0 Å². The van der Waals surface area contributed by atoms with E-state index in [1.54, 1.807) is 24.3 Å². The molecule has 0 bridgehead atoms. The van der Waals surface area contributed by atoms with Gasteiger partial charge in [0.15, 0.2) is 0 Å². The molecule has 1 aromatic rings. The summed E-state index contributed by atoms with van der Waals surface area (Å²) in [6.07, 6.45) is 1.82. The van der Waals surface area contributed by atoms with E-state index < -0.39 is 0 Å². The summed E-state index contributed by atoms with van der Waals surface area (Å²) in [6, 6.07) is 8.88. The zero-order chi connectivity index (χ0) is 11.1. The summed E-state index contributed by atoms with van der Waals surface area (Å²) < 4.78 is 4.88. The van der Waals surface area contributed by atoms with Crippen LogP contribution in [0.2, 0.25) is 0 Å². The molecule has 0 aliphatic carbocycles. The van der Waals surface area contributed by atoms with Crippen LogP contribution in [0.15, 0.2) is 35.4 Å². The lowest BCUT2D eigenvalue weighted by molar-refractivity contribution is 0.0954. The molecule has 0 aliphatic heterocycles. The fourth-order valence-electron chi connectivity index (χ4n) is 0.925. The Labute approximate surface area is 92.7 Å². The van der Waals surface area contributed by atoms with Gasteiger partial charge in [0.1, 0.15) is 0 Å². The van der Waals surface area contributed by atoms with Crippen LogP contribution in [-0.2, 0) is 4.74 Å². The van der Waals surface area contributed by atoms with Gasteiger partial charge in [-0.05, 0) is 18.4 Å². The van der Waals surface area contributed by atoms with Gasteiger partial charge in [-0.15, -0.1) is 5.10 Å². The second-order valence-electron chi connectivity index (χ2n) is 2.59. The van der Waals surface area contributed by atoms with Gasteiger partial charge in [0, 0.05) is 5.56 Å². The number of ether oxygens (including phenoxy) is 1. The first-order chi connectivity index (χ1) is 7.27. The first-order valence-electron chi connectivity index (χ1n) is 4.29. The van der Waals surface area contributed by atoms with Gasteiger partial charge in [-0.3, -0.25) is 4.79 Å². The third kappa shape index (κ3) is 3.63. The summed E-state index contributed by atoms with van der Waals surface area (Å²) in [5.41, 5.74) is 2.97. The molecular formula is C10H12N2O2S. The number of thioether (sulfide) groups is 1. The van der Waals surface area contributed by atoms with Gasteiger partial charge >= 0.3 is 0 Å². The molecule has 0 saturated heterocycles. The molecule has 0 atom stereocenters. The average molecular weight is 224 g/mol. The summed E-state index contributed by atoms with van der Waals surface area (Å²) >= 11 is 1.32. The van der Waals surface area contributed by atoms with Crippen molar-refractivity contribution in [1.82, 2.24) is 5.43 Å². The Morgan fingerprint density at radius 2 is 2.07 bits per heavy atom. The molecule has 0 fully saturated rings. The molecule has 80 valence electrons. The maximum atomic E-state index is 11.5. The van der Waals surface area contributed by atoms with E-state index in [4.69, 9.17) is 4.74 Å². The molecule has 15 heavy (non-hydrogen) atoms. The largest absolute Gasteiger partial charge is 0.475 e. The highest BCUT2D eigenvalue weighted by Crippen LogP contribution is 2.00. The Bertz CT molecular complexity index is 346. The first kappa shape index (κ1) is 11.6. The topological polar surface area (TPSA) is 50.7 Å². The smallest absolute Gasteiger partial charge is 0.271 e. The number of benzene rings is 1. The summed E-state index contributed by atoms with van der Waals surface area (Å²) in [5, 5.41) is 4.21. The molecule has 4 nitrogen and oxygen atoms in total. The number of hydrogen-bond donors (Lipinski definition) is 1. The van der Waals surface area contributed by atoms with Crippen LogP contribution in [0.25, 0.3) is 0 Å². The lowest BCUT2D eigenvalue weighted by atomic mass is 10.2. The molecule has 0 saturated carbocycles. The number of nitrogens with zero attached hydrogens (tertiary/aromatic N) is 1. The second kappa shape index (κ2) is 6.08. The summed E-state index contributed by atoms with van der Waals surface area (Å²) in [4.78, 5) is 11.5. The van der Waals surface area contributed by atoms with Crippen LogP contribution in [-0.4, -0.2) is 24.5 Å². The minimum atomic E-state index is -0.251. The van der Waals surface area contributed by atoms with Crippen molar-refractivity contribution in [2.75, 3.05) is 13.4 Å². The average Bonchev–Trinajstić information content (AvgIpc) is 2.31. The molecular weight excluding hydrogens is 212 g/mol. The molecule has 1 amide bonds. The fourth-order valence-corrected chi connectivity index (χ4v) is 1.23. The van der Waals surface area contributed by atoms with E-state index in [0.29, 0.717) is 10.8 Å². The van der Waals surface area contributed by atoms with Crippen LogP contribution >= 0.6 is 11.8 Å². The Morgan fingerprint density at radius 3 is 2.60 bits per heavy atom. The van der Waals surface area contributed by atoms with Gasteiger partial charge in [-0.2, -0.15) is 0 Å². The lowest BCUT2D eigenvalue weighted by Gasteiger charge is -2.02. The van der Waals surface area contributed by atoms with Gasteiger partial charge in [0.25, 0.3) is 11.1 Å². The van der Waals surface area contributed by atoms with Crippen molar-refractivity contribution >= 4 is 22.9 Å². The van der Waals surface area contributed by atoms with Crippen molar-refractivity contribution in [2.24, 2.45) is 5.10 Å². The molecule has 0 aliphatic rings. The van der Waals surface area contributed by atoms with Crippen molar-refractivity contribution < 1.29 is 9.53 Å². The van der Waals surface area contributed by atoms with Gasteiger partial charge in [0.05, 0.1) is 7.11 Å². The molecule has 1 rings (SSSR count). The zero-order valence-electron chi connectivity index (χ0n) is 8.56. The second-order valence-corrected chi connectivity index (χ2v) is 3.35. The number of hydrazone groups is 1. The van der Waals surface area contributed by atoms with Crippen LogP contribution in [0.5, 0.6) is 0 Å². The number of nitrogens with one attached hydrogen (secondary N) is 1.